The van der Waals surface area contributed by atoms with Crippen molar-refractivity contribution in [2.24, 2.45) is 10.8 Å². The van der Waals surface area contributed by atoms with Crippen molar-refractivity contribution in [2.75, 3.05) is 52.4 Å². The van der Waals surface area contributed by atoms with Gasteiger partial charge in [0, 0.05) is 38.8 Å². The zero-order valence-electron chi connectivity index (χ0n) is 21.6. The molecule has 1 atom stereocenters. The maximum atomic E-state index is 2.83. The van der Waals surface area contributed by atoms with E-state index in [2.05, 4.69) is 56.2 Å². The third kappa shape index (κ3) is 8.10. The minimum absolute atomic E-state index is 0.533. The summed E-state index contributed by atoms with van der Waals surface area (Å²) in [5, 5.41) is 0. The van der Waals surface area contributed by atoms with Gasteiger partial charge >= 0.3 is 0 Å². The zero-order valence-corrected chi connectivity index (χ0v) is 21.6. The predicted octanol–water partition coefficient (Wildman–Crippen LogP) is 6.28. The molecule has 3 nitrogen and oxygen atoms in total. The van der Waals surface area contributed by atoms with Gasteiger partial charge in [-0.1, -0.05) is 67.2 Å². The second-order valence-electron chi connectivity index (χ2n) is 11.4. The molecule has 0 aromatic rings. The highest BCUT2D eigenvalue weighted by Gasteiger charge is 2.43. The molecule has 1 aliphatic heterocycles. The van der Waals surface area contributed by atoms with Crippen LogP contribution in [0, 0.1) is 10.8 Å². The molecule has 0 radical (unpaired) electrons. The lowest BCUT2D eigenvalue weighted by Gasteiger charge is -2.53. The average molecular weight is 422 g/mol. The van der Waals surface area contributed by atoms with E-state index in [1.54, 1.807) is 0 Å². The fourth-order valence-electron chi connectivity index (χ4n) is 6.23. The quantitative estimate of drug-likeness (QED) is 0.288. The molecule has 2 fully saturated rings. The fraction of sp³-hybridized carbons (Fsp3) is 1.00. The predicted molar refractivity (Wildman–Crippen MR) is 133 cm³/mol. The van der Waals surface area contributed by atoms with Gasteiger partial charge in [0.05, 0.1) is 0 Å². The monoisotopic (exact) mass is 421 g/mol. The second-order valence-corrected chi connectivity index (χ2v) is 11.4. The molecule has 0 aromatic heterocycles. The lowest BCUT2D eigenvalue weighted by atomic mass is 9.64. The Labute approximate surface area is 189 Å². The van der Waals surface area contributed by atoms with E-state index in [9.17, 15) is 0 Å². The van der Waals surface area contributed by atoms with Crippen molar-refractivity contribution in [2.45, 2.75) is 112 Å². The Hall–Kier alpha value is -0.120. The third-order valence-electron chi connectivity index (χ3n) is 8.24. The number of rotatable bonds is 15. The van der Waals surface area contributed by atoms with Gasteiger partial charge in [-0.05, 0) is 69.0 Å². The van der Waals surface area contributed by atoms with Crippen molar-refractivity contribution in [3.05, 3.63) is 0 Å². The standard InChI is InChI=1S/C27H55N3/c1-7-11-12-14-26(5,13-8-2)24-29-18-20-30(21-19-29)25-22-27(6,23-25)15-17-28(10-4)16-9-3/h25H,7-24H2,1-6H3. The minimum atomic E-state index is 0.533. The molecule has 0 bridgehead atoms. The lowest BCUT2D eigenvalue weighted by Crippen LogP contribution is -2.57. The van der Waals surface area contributed by atoms with Gasteiger partial charge in [-0.15, -0.1) is 0 Å². The molecule has 1 heterocycles. The fourth-order valence-corrected chi connectivity index (χ4v) is 6.23. The molecule has 2 aliphatic rings. The number of nitrogens with zero attached hydrogens (tertiary/aromatic N) is 3. The summed E-state index contributed by atoms with van der Waals surface area (Å²) in [4.78, 5) is 8.27. The first-order valence-corrected chi connectivity index (χ1v) is 13.6. The highest BCUT2D eigenvalue weighted by atomic mass is 15.3. The average Bonchev–Trinajstić information content (AvgIpc) is 2.70. The van der Waals surface area contributed by atoms with Gasteiger partial charge in [0.1, 0.15) is 0 Å². The van der Waals surface area contributed by atoms with E-state index in [0.717, 1.165) is 6.04 Å². The molecular weight excluding hydrogens is 366 g/mol. The summed E-state index contributed by atoms with van der Waals surface area (Å²) in [6.07, 6.45) is 13.9. The third-order valence-corrected chi connectivity index (χ3v) is 8.24. The van der Waals surface area contributed by atoms with Crippen LogP contribution in [-0.4, -0.2) is 73.1 Å². The smallest absolute Gasteiger partial charge is 0.0113 e. The Morgan fingerprint density at radius 1 is 0.867 bits per heavy atom. The number of piperazine rings is 1. The van der Waals surface area contributed by atoms with Crippen LogP contribution in [0.5, 0.6) is 0 Å². The molecule has 2 rings (SSSR count). The second kappa shape index (κ2) is 12.8. The summed E-state index contributed by atoms with van der Waals surface area (Å²) < 4.78 is 0. The zero-order chi connectivity index (χ0) is 22.0. The Bertz CT molecular complexity index is 451. The van der Waals surface area contributed by atoms with Crippen molar-refractivity contribution < 1.29 is 0 Å². The molecule has 0 N–H and O–H groups in total. The maximum Gasteiger partial charge on any atom is 0.0113 e. The number of unbranched alkanes of at least 4 members (excludes halogenated alkanes) is 2. The van der Waals surface area contributed by atoms with Gasteiger partial charge in [0.2, 0.25) is 0 Å². The first kappa shape index (κ1) is 26.1. The van der Waals surface area contributed by atoms with Gasteiger partial charge in [0.15, 0.2) is 0 Å². The Morgan fingerprint density at radius 3 is 2.13 bits per heavy atom. The van der Waals surface area contributed by atoms with Crippen molar-refractivity contribution >= 4 is 0 Å². The van der Waals surface area contributed by atoms with Gasteiger partial charge in [-0.2, -0.15) is 0 Å². The van der Waals surface area contributed by atoms with Gasteiger partial charge in [-0.25, -0.2) is 0 Å². The van der Waals surface area contributed by atoms with Crippen LogP contribution in [0.3, 0.4) is 0 Å². The van der Waals surface area contributed by atoms with E-state index in [0.29, 0.717) is 10.8 Å². The summed E-state index contributed by atoms with van der Waals surface area (Å²) in [6.45, 7) is 24.7. The van der Waals surface area contributed by atoms with Crippen LogP contribution in [0.1, 0.15) is 106 Å². The summed E-state index contributed by atoms with van der Waals surface area (Å²) in [5.41, 5.74) is 1.13. The summed E-state index contributed by atoms with van der Waals surface area (Å²) in [5.74, 6) is 0. The first-order valence-electron chi connectivity index (χ1n) is 13.6. The lowest BCUT2D eigenvalue weighted by molar-refractivity contribution is -0.0261. The SMILES string of the molecule is CCCCCC(C)(CCC)CN1CCN(C2CC(C)(CCN(CC)CCC)C2)CC1. The van der Waals surface area contributed by atoms with Crippen LogP contribution >= 0.6 is 0 Å². The molecule has 1 saturated carbocycles. The van der Waals surface area contributed by atoms with E-state index in [4.69, 9.17) is 0 Å². The van der Waals surface area contributed by atoms with Gasteiger partial charge < -0.3 is 9.80 Å². The highest BCUT2D eigenvalue weighted by Crippen LogP contribution is 2.46. The van der Waals surface area contributed by atoms with Crippen molar-refractivity contribution in [3.8, 4) is 0 Å². The van der Waals surface area contributed by atoms with Crippen molar-refractivity contribution in [3.63, 3.8) is 0 Å². The van der Waals surface area contributed by atoms with E-state index in [-0.39, 0.29) is 0 Å². The minimum Gasteiger partial charge on any atom is -0.304 e. The van der Waals surface area contributed by atoms with Gasteiger partial charge in [-0.3, -0.25) is 4.90 Å². The van der Waals surface area contributed by atoms with Crippen LogP contribution in [-0.2, 0) is 0 Å². The topological polar surface area (TPSA) is 9.72 Å². The molecule has 1 unspecified atom stereocenters. The number of hydrogen-bond acceptors (Lipinski definition) is 3. The van der Waals surface area contributed by atoms with E-state index in [1.165, 1.54) is 117 Å². The Balaban J connectivity index is 1.70. The molecule has 30 heavy (non-hydrogen) atoms. The Morgan fingerprint density at radius 2 is 1.57 bits per heavy atom. The molecule has 1 saturated heterocycles. The maximum absolute atomic E-state index is 2.83. The van der Waals surface area contributed by atoms with E-state index < -0.39 is 0 Å². The molecule has 1 aliphatic carbocycles. The van der Waals surface area contributed by atoms with Crippen molar-refractivity contribution in [1.29, 1.82) is 0 Å². The molecule has 178 valence electrons. The largest absolute Gasteiger partial charge is 0.304 e. The Kier molecular flexibility index (Phi) is 11.1. The van der Waals surface area contributed by atoms with Crippen LogP contribution in [0.4, 0.5) is 0 Å². The number of hydrogen-bond donors (Lipinski definition) is 0. The molecule has 0 aromatic carbocycles. The molecule has 0 amide bonds. The molecular formula is C27H55N3. The van der Waals surface area contributed by atoms with E-state index in [1.807, 2.05) is 0 Å². The summed E-state index contributed by atoms with van der Waals surface area (Å²) in [7, 11) is 0. The summed E-state index contributed by atoms with van der Waals surface area (Å²) >= 11 is 0. The van der Waals surface area contributed by atoms with Crippen LogP contribution in [0.15, 0.2) is 0 Å². The van der Waals surface area contributed by atoms with Gasteiger partial charge in [0.25, 0.3) is 0 Å². The van der Waals surface area contributed by atoms with E-state index >= 15 is 0 Å². The van der Waals surface area contributed by atoms with Crippen molar-refractivity contribution in [1.82, 2.24) is 14.7 Å². The summed E-state index contributed by atoms with van der Waals surface area (Å²) in [6, 6.07) is 0.866. The normalized spacial score (nSPS) is 27.9. The van der Waals surface area contributed by atoms with Crippen LogP contribution in [0.25, 0.3) is 0 Å². The van der Waals surface area contributed by atoms with Crippen LogP contribution < -0.4 is 0 Å². The first-order chi connectivity index (χ1) is 14.4. The molecule has 0 spiro atoms. The molecule has 3 heteroatoms. The highest BCUT2D eigenvalue weighted by molar-refractivity contribution is 4.97. The van der Waals surface area contributed by atoms with Crippen LogP contribution in [0.2, 0.25) is 0 Å².